The Hall–Kier alpha value is -2.41. The number of amides is 3. The number of methoxy groups -OCH3 is 1. The minimum absolute atomic E-state index is 0.00745. The molecule has 0 heterocycles. The molecule has 0 spiro atoms. The van der Waals surface area contributed by atoms with Gasteiger partial charge in [-0.2, -0.15) is 0 Å². The van der Waals surface area contributed by atoms with Crippen LogP contribution in [0.25, 0.3) is 0 Å². The highest BCUT2D eigenvalue weighted by Gasteiger charge is 2.13. The van der Waals surface area contributed by atoms with Crippen molar-refractivity contribution in [2.24, 2.45) is 0 Å². The Morgan fingerprint density at radius 1 is 1.04 bits per heavy atom. The summed E-state index contributed by atoms with van der Waals surface area (Å²) in [6.07, 6.45) is 0.675. The number of ether oxygens (including phenoxy) is 1. The van der Waals surface area contributed by atoms with Crippen molar-refractivity contribution in [3.8, 4) is 0 Å². The third-order valence-corrected chi connectivity index (χ3v) is 3.05. The summed E-state index contributed by atoms with van der Waals surface area (Å²) in [5.74, 6) is -0.586. The molecule has 7 heteroatoms. The highest BCUT2D eigenvalue weighted by molar-refractivity contribution is 5.95. The molecule has 0 aromatic heterocycles. The van der Waals surface area contributed by atoms with Gasteiger partial charge in [0.15, 0.2) is 0 Å². The van der Waals surface area contributed by atoms with Crippen molar-refractivity contribution >= 4 is 29.1 Å². The van der Waals surface area contributed by atoms with E-state index in [9.17, 15) is 14.4 Å². The smallest absolute Gasteiger partial charge is 0.243 e. The molecule has 0 aliphatic heterocycles. The molecular weight excluding hydrogens is 298 g/mol. The Morgan fingerprint density at radius 3 is 2.09 bits per heavy atom. The fraction of sp³-hybridized carbons (Fsp3) is 0.438. The Balaban J connectivity index is 2.53. The third-order valence-electron chi connectivity index (χ3n) is 3.05. The molecule has 0 aliphatic rings. The van der Waals surface area contributed by atoms with Crippen LogP contribution in [0, 0.1) is 0 Å². The Kier molecular flexibility index (Phi) is 7.76. The van der Waals surface area contributed by atoms with E-state index in [-0.39, 0.29) is 24.3 Å². The van der Waals surface area contributed by atoms with Crippen molar-refractivity contribution in [3.63, 3.8) is 0 Å². The summed E-state index contributed by atoms with van der Waals surface area (Å²) >= 11 is 0. The zero-order valence-electron chi connectivity index (χ0n) is 13.7. The van der Waals surface area contributed by atoms with Gasteiger partial charge in [0.1, 0.15) is 0 Å². The average molecular weight is 321 g/mol. The first-order chi connectivity index (χ1) is 10.9. The maximum atomic E-state index is 12.0. The number of anilines is 2. The molecule has 0 radical (unpaired) electrons. The second-order valence-corrected chi connectivity index (χ2v) is 5.09. The molecule has 0 bridgehead atoms. The molecule has 1 aromatic carbocycles. The molecule has 0 saturated heterocycles. The van der Waals surface area contributed by atoms with E-state index in [0.29, 0.717) is 30.9 Å². The van der Waals surface area contributed by atoms with Gasteiger partial charge < -0.3 is 20.3 Å². The topological polar surface area (TPSA) is 87.7 Å². The van der Waals surface area contributed by atoms with Gasteiger partial charge in [0, 0.05) is 45.5 Å². The zero-order valence-corrected chi connectivity index (χ0v) is 13.7. The molecule has 1 rings (SSSR count). The van der Waals surface area contributed by atoms with Gasteiger partial charge in [0.05, 0.1) is 6.54 Å². The second-order valence-electron chi connectivity index (χ2n) is 5.09. The second kappa shape index (κ2) is 9.58. The Bertz CT molecular complexity index is 543. The molecule has 126 valence electrons. The predicted octanol–water partition coefficient (Wildman–Crippen LogP) is 1.47. The standard InChI is InChI=1S/C16H23N3O4/c1-12(20)17-14-5-7-15(8-6-14)18-16(22)11-19(13(2)21)9-4-10-23-3/h5-8H,4,9-11H2,1-3H3,(H,17,20)(H,18,22). The molecule has 23 heavy (non-hydrogen) atoms. The van der Waals surface area contributed by atoms with Crippen LogP contribution in [-0.2, 0) is 19.1 Å². The maximum absolute atomic E-state index is 12.0. The van der Waals surface area contributed by atoms with E-state index in [2.05, 4.69) is 10.6 Å². The van der Waals surface area contributed by atoms with Crippen molar-refractivity contribution in [1.82, 2.24) is 4.90 Å². The maximum Gasteiger partial charge on any atom is 0.243 e. The fourth-order valence-corrected chi connectivity index (χ4v) is 1.96. The van der Waals surface area contributed by atoms with Crippen molar-refractivity contribution in [1.29, 1.82) is 0 Å². The lowest BCUT2D eigenvalue weighted by atomic mass is 10.2. The number of benzene rings is 1. The van der Waals surface area contributed by atoms with Crippen LogP contribution in [0.5, 0.6) is 0 Å². The van der Waals surface area contributed by atoms with Gasteiger partial charge in [0.2, 0.25) is 17.7 Å². The summed E-state index contributed by atoms with van der Waals surface area (Å²) in [6.45, 7) is 3.86. The lowest BCUT2D eigenvalue weighted by Crippen LogP contribution is -2.37. The van der Waals surface area contributed by atoms with Crippen molar-refractivity contribution in [3.05, 3.63) is 24.3 Å². The minimum atomic E-state index is -0.273. The molecule has 7 nitrogen and oxygen atoms in total. The summed E-state index contributed by atoms with van der Waals surface area (Å²) in [5, 5.41) is 5.37. The fourth-order valence-electron chi connectivity index (χ4n) is 1.96. The molecular formula is C16H23N3O4. The number of rotatable bonds is 8. The van der Waals surface area contributed by atoms with E-state index in [4.69, 9.17) is 4.74 Å². The van der Waals surface area contributed by atoms with Crippen molar-refractivity contribution < 1.29 is 19.1 Å². The average Bonchev–Trinajstić information content (AvgIpc) is 2.47. The Morgan fingerprint density at radius 2 is 1.61 bits per heavy atom. The van der Waals surface area contributed by atoms with E-state index in [0.717, 1.165) is 0 Å². The lowest BCUT2D eigenvalue weighted by molar-refractivity contribution is -0.132. The third kappa shape index (κ3) is 7.42. The normalized spacial score (nSPS) is 10.0. The number of carbonyl (C=O) groups excluding carboxylic acids is 3. The first kappa shape index (κ1) is 18.6. The van der Waals surface area contributed by atoms with Crippen LogP contribution < -0.4 is 10.6 Å². The lowest BCUT2D eigenvalue weighted by Gasteiger charge is -2.20. The van der Waals surface area contributed by atoms with Crippen LogP contribution >= 0.6 is 0 Å². The first-order valence-corrected chi connectivity index (χ1v) is 7.34. The summed E-state index contributed by atoms with van der Waals surface area (Å²) < 4.78 is 4.94. The zero-order chi connectivity index (χ0) is 17.2. The van der Waals surface area contributed by atoms with Crippen LogP contribution in [0.2, 0.25) is 0 Å². The summed E-state index contributed by atoms with van der Waals surface area (Å²) in [6, 6.07) is 6.76. The molecule has 0 atom stereocenters. The van der Waals surface area contributed by atoms with Gasteiger partial charge in [-0.05, 0) is 30.7 Å². The molecule has 2 N–H and O–H groups in total. The van der Waals surface area contributed by atoms with E-state index < -0.39 is 0 Å². The SMILES string of the molecule is COCCCN(CC(=O)Nc1ccc(NC(C)=O)cc1)C(C)=O. The van der Waals surface area contributed by atoms with E-state index >= 15 is 0 Å². The monoisotopic (exact) mass is 321 g/mol. The molecule has 1 aromatic rings. The number of nitrogens with one attached hydrogen (secondary N) is 2. The molecule has 0 aliphatic carbocycles. The van der Waals surface area contributed by atoms with Crippen LogP contribution in [0.15, 0.2) is 24.3 Å². The number of hydrogen-bond donors (Lipinski definition) is 2. The highest BCUT2D eigenvalue weighted by Crippen LogP contribution is 2.13. The summed E-state index contributed by atoms with van der Waals surface area (Å²) in [5.41, 5.74) is 1.25. The molecule has 0 unspecified atom stereocenters. The first-order valence-electron chi connectivity index (χ1n) is 7.34. The predicted molar refractivity (Wildman–Crippen MR) is 88.1 cm³/mol. The quantitative estimate of drug-likeness (QED) is 0.710. The number of nitrogens with zero attached hydrogens (tertiary/aromatic N) is 1. The summed E-state index contributed by atoms with van der Waals surface area (Å²) in [4.78, 5) is 36.0. The summed E-state index contributed by atoms with van der Waals surface area (Å²) in [7, 11) is 1.59. The number of carbonyl (C=O) groups is 3. The van der Waals surface area contributed by atoms with Gasteiger partial charge in [0.25, 0.3) is 0 Å². The highest BCUT2D eigenvalue weighted by atomic mass is 16.5. The van der Waals surface area contributed by atoms with E-state index in [1.54, 1.807) is 31.4 Å². The minimum Gasteiger partial charge on any atom is -0.385 e. The molecule has 0 saturated carbocycles. The van der Waals surface area contributed by atoms with Gasteiger partial charge in [-0.25, -0.2) is 0 Å². The molecule has 3 amide bonds. The van der Waals surface area contributed by atoms with Crippen LogP contribution in [-0.4, -0.2) is 49.4 Å². The van der Waals surface area contributed by atoms with Gasteiger partial charge in [-0.1, -0.05) is 0 Å². The van der Waals surface area contributed by atoms with Crippen molar-refractivity contribution in [2.45, 2.75) is 20.3 Å². The van der Waals surface area contributed by atoms with Gasteiger partial charge in [-0.15, -0.1) is 0 Å². The van der Waals surface area contributed by atoms with E-state index in [1.807, 2.05) is 0 Å². The van der Waals surface area contributed by atoms with Crippen LogP contribution in [0.3, 0.4) is 0 Å². The van der Waals surface area contributed by atoms with Crippen LogP contribution in [0.1, 0.15) is 20.3 Å². The van der Waals surface area contributed by atoms with E-state index in [1.165, 1.54) is 18.7 Å². The van der Waals surface area contributed by atoms with Gasteiger partial charge >= 0.3 is 0 Å². The molecule has 0 fully saturated rings. The van der Waals surface area contributed by atoms with Crippen LogP contribution in [0.4, 0.5) is 11.4 Å². The number of hydrogen-bond acceptors (Lipinski definition) is 4. The largest absolute Gasteiger partial charge is 0.385 e. The Labute approximate surface area is 136 Å². The van der Waals surface area contributed by atoms with Gasteiger partial charge in [-0.3, -0.25) is 14.4 Å². The van der Waals surface area contributed by atoms with Crippen molar-refractivity contribution in [2.75, 3.05) is 37.4 Å².